The van der Waals surface area contributed by atoms with Crippen molar-refractivity contribution in [2.24, 2.45) is 0 Å². The summed E-state index contributed by atoms with van der Waals surface area (Å²) in [7, 11) is 0. The number of nitrogens with one attached hydrogen (secondary N) is 1. The molecular formula is C10H15NO2. The smallest absolute Gasteiger partial charge is 0.333 e. The number of ether oxygens (including phenoxy) is 1. The second-order valence-electron chi connectivity index (χ2n) is 2.48. The van der Waals surface area contributed by atoms with Crippen molar-refractivity contribution in [2.75, 3.05) is 13.2 Å². The molecule has 0 fully saturated rings. The van der Waals surface area contributed by atoms with Gasteiger partial charge in [-0.05, 0) is 19.2 Å². The van der Waals surface area contributed by atoms with E-state index in [9.17, 15) is 4.79 Å². The highest BCUT2D eigenvalue weighted by molar-refractivity contribution is 5.86. The van der Waals surface area contributed by atoms with Crippen LogP contribution in [0.4, 0.5) is 0 Å². The van der Waals surface area contributed by atoms with Gasteiger partial charge in [0.25, 0.3) is 0 Å². The van der Waals surface area contributed by atoms with Crippen molar-refractivity contribution in [3.05, 3.63) is 37.1 Å². The predicted molar refractivity (Wildman–Crippen MR) is 53.1 cm³/mol. The van der Waals surface area contributed by atoms with Crippen LogP contribution in [0.2, 0.25) is 0 Å². The van der Waals surface area contributed by atoms with Crippen LogP contribution < -0.4 is 5.32 Å². The number of esters is 1. The van der Waals surface area contributed by atoms with E-state index in [1.165, 1.54) is 0 Å². The molecule has 0 aromatic rings. The zero-order valence-electron chi connectivity index (χ0n) is 7.88. The Morgan fingerprint density at radius 3 is 2.85 bits per heavy atom. The molecule has 13 heavy (non-hydrogen) atoms. The lowest BCUT2D eigenvalue weighted by Crippen LogP contribution is -2.07. The summed E-state index contributed by atoms with van der Waals surface area (Å²) in [6, 6.07) is 0. The monoisotopic (exact) mass is 181 g/mol. The quantitative estimate of drug-likeness (QED) is 0.291. The third kappa shape index (κ3) is 6.87. The first-order valence-corrected chi connectivity index (χ1v) is 4.00. The normalized spacial score (nSPS) is 9.62. The molecule has 3 nitrogen and oxygen atoms in total. The topological polar surface area (TPSA) is 38.3 Å². The van der Waals surface area contributed by atoms with E-state index in [-0.39, 0.29) is 12.6 Å². The Morgan fingerprint density at radius 2 is 2.31 bits per heavy atom. The van der Waals surface area contributed by atoms with Crippen LogP contribution in [0.5, 0.6) is 0 Å². The summed E-state index contributed by atoms with van der Waals surface area (Å²) < 4.78 is 4.79. The molecule has 0 heterocycles. The number of hydrogen-bond acceptors (Lipinski definition) is 3. The summed E-state index contributed by atoms with van der Waals surface area (Å²) in [5.41, 5.74) is 0.410. The van der Waals surface area contributed by atoms with Gasteiger partial charge in [0, 0.05) is 12.1 Å². The van der Waals surface area contributed by atoms with Crippen molar-refractivity contribution in [1.29, 1.82) is 0 Å². The highest BCUT2D eigenvalue weighted by atomic mass is 16.5. The Bertz CT molecular complexity index is 219. The average Bonchev–Trinajstić information content (AvgIpc) is 2.10. The highest BCUT2D eigenvalue weighted by Gasteiger charge is 1.99. The number of hydrogen-bond donors (Lipinski definition) is 1. The Kier molecular flexibility index (Phi) is 6.32. The molecule has 0 atom stereocenters. The van der Waals surface area contributed by atoms with E-state index in [4.69, 9.17) is 4.74 Å². The van der Waals surface area contributed by atoms with E-state index in [0.29, 0.717) is 12.1 Å². The fourth-order valence-electron chi connectivity index (χ4n) is 0.530. The molecule has 0 rings (SSSR count). The van der Waals surface area contributed by atoms with E-state index in [1.54, 1.807) is 25.3 Å². The Hall–Kier alpha value is -1.51. The van der Waals surface area contributed by atoms with Gasteiger partial charge >= 0.3 is 5.97 Å². The average molecular weight is 181 g/mol. The van der Waals surface area contributed by atoms with E-state index in [2.05, 4.69) is 18.5 Å². The first-order valence-electron chi connectivity index (χ1n) is 4.00. The van der Waals surface area contributed by atoms with Gasteiger partial charge in [-0.3, -0.25) is 0 Å². The number of carbonyl (C=O) groups excluding carboxylic acids is 1. The molecule has 3 heteroatoms. The summed E-state index contributed by atoms with van der Waals surface area (Å²) in [6.45, 7) is 9.56. The molecule has 0 saturated heterocycles. The molecule has 0 saturated carbocycles. The minimum absolute atomic E-state index is 0.260. The van der Waals surface area contributed by atoms with Gasteiger partial charge < -0.3 is 10.1 Å². The lowest BCUT2D eigenvalue weighted by molar-refractivity contribution is -0.137. The summed E-state index contributed by atoms with van der Waals surface area (Å²) in [4.78, 5) is 10.8. The lowest BCUT2D eigenvalue weighted by Gasteiger charge is -1.99. The number of carbonyl (C=O) groups is 1. The van der Waals surface area contributed by atoms with Crippen LogP contribution in [0.3, 0.4) is 0 Å². The van der Waals surface area contributed by atoms with Gasteiger partial charge in [-0.1, -0.05) is 12.7 Å². The summed E-state index contributed by atoms with van der Waals surface area (Å²) in [6.07, 6.45) is 5.17. The predicted octanol–water partition coefficient (Wildman–Crippen LogP) is 1.40. The van der Waals surface area contributed by atoms with Crippen LogP contribution in [0.25, 0.3) is 0 Å². The van der Waals surface area contributed by atoms with Crippen LogP contribution in [-0.2, 0) is 9.53 Å². The second kappa shape index (κ2) is 7.16. The maximum absolute atomic E-state index is 10.8. The molecular weight excluding hydrogens is 166 g/mol. The fourth-order valence-corrected chi connectivity index (χ4v) is 0.530. The molecule has 72 valence electrons. The fraction of sp³-hybridized carbons (Fsp3) is 0.300. The molecule has 0 amide bonds. The van der Waals surface area contributed by atoms with Gasteiger partial charge in [-0.15, -0.1) is 6.58 Å². The molecule has 0 radical (unpaired) electrons. The van der Waals surface area contributed by atoms with Crippen molar-refractivity contribution in [1.82, 2.24) is 5.32 Å². The number of rotatable bonds is 6. The molecule has 1 N–H and O–H groups in total. The van der Waals surface area contributed by atoms with Crippen LogP contribution >= 0.6 is 0 Å². The minimum Gasteiger partial charge on any atom is -0.458 e. The SMILES string of the molecule is C=CCNC=CCOC(=O)C(=C)C. The summed E-state index contributed by atoms with van der Waals surface area (Å²) >= 11 is 0. The van der Waals surface area contributed by atoms with Gasteiger partial charge in [0.15, 0.2) is 0 Å². The van der Waals surface area contributed by atoms with Gasteiger partial charge in [-0.2, -0.15) is 0 Å². The maximum atomic E-state index is 10.8. The molecule has 0 aromatic heterocycles. The van der Waals surface area contributed by atoms with E-state index >= 15 is 0 Å². The highest BCUT2D eigenvalue weighted by Crippen LogP contribution is 1.91. The van der Waals surface area contributed by atoms with Crippen molar-refractivity contribution < 1.29 is 9.53 Å². The van der Waals surface area contributed by atoms with Gasteiger partial charge in [0.2, 0.25) is 0 Å². The van der Waals surface area contributed by atoms with Crippen LogP contribution in [0, 0.1) is 0 Å². The van der Waals surface area contributed by atoms with E-state index in [1.807, 2.05) is 0 Å². The zero-order valence-corrected chi connectivity index (χ0v) is 7.88. The van der Waals surface area contributed by atoms with Crippen molar-refractivity contribution >= 4 is 5.97 Å². The Morgan fingerprint density at radius 1 is 1.62 bits per heavy atom. The van der Waals surface area contributed by atoms with Crippen molar-refractivity contribution in [3.63, 3.8) is 0 Å². The molecule has 0 aliphatic carbocycles. The third-order valence-electron chi connectivity index (χ3n) is 1.16. The van der Waals surface area contributed by atoms with Crippen LogP contribution in [0.1, 0.15) is 6.92 Å². The summed E-state index contributed by atoms with van der Waals surface area (Å²) in [5.74, 6) is -0.367. The third-order valence-corrected chi connectivity index (χ3v) is 1.16. The minimum atomic E-state index is -0.367. The lowest BCUT2D eigenvalue weighted by atomic mass is 10.4. The van der Waals surface area contributed by atoms with Crippen molar-refractivity contribution in [2.45, 2.75) is 6.92 Å². The largest absolute Gasteiger partial charge is 0.458 e. The zero-order chi connectivity index (χ0) is 10.1. The first kappa shape index (κ1) is 11.5. The molecule has 0 aliphatic rings. The summed E-state index contributed by atoms with van der Waals surface area (Å²) in [5, 5.41) is 2.93. The molecule has 0 bridgehead atoms. The Balaban J connectivity index is 3.44. The van der Waals surface area contributed by atoms with Gasteiger partial charge in [0.05, 0.1) is 0 Å². The van der Waals surface area contributed by atoms with Crippen molar-refractivity contribution in [3.8, 4) is 0 Å². The molecule has 0 aromatic carbocycles. The molecule has 0 unspecified atom stereocenters. The van der Waals surface area contributed by atoms with E-state index < -0.39 is 0 Å². The standard InChI is InChI=1S/C10H15NO2/c1-4-6-11-7-5-8-13-10(12)9(2)3/h4-5,7,11H,1-2,6,8H2,3H3. The van der Waals surface area contributed by atoms with Gasteiger partial charge in [0.1, 0.15) is 6.61 Å². The Labute approximate surface area is 78.8 Å². The van der Waals surface area contributed by atoms with E-state index in [0.717, 1.165) is 0 Å². The van der Waals surface area contributed by atoms with Crippen LogP contribution in [-0.4, -0.2) is 19.1 Å². The first-order chi connectivity index (χ1) is 6.18. The molecule has 0 spiro atoms. The maximum Gasteiger partial charge on any atom is 0.333 e. The second-order valence-corrected chi connectivity index (χ2v) is 2.48. The van der Waals surface area contributed by atoms with Crippen LogP contribution in [0.15, 0.2) is 37.1 Å². The molecule has 0 aliphatic heterocycles. The van der Waals surface area contributed by atoms with Gasteiger partial charge in [-0.25, -0.2) is 4.79 Å².